The fraction of sp³-hybridized carbons (Fsp3) is 0.550. The summed E-state index contributed by atoms with van der Waals surface area (Å²) in [7, 11) is 2.13. The minimum atomic E-state index is 0.0169. The summed E-state index contributed by atoms with van der Waals surface area (Å²) in [6.07, 6.45) is 9.32. The van der Waals surface area contributed by atoms with Crippen LogP contribution in [0.4, 0.5) is 0 Å². The van der Waals surface area contributed by atoms with E-state index in [0.29, 0.717) is 23.1 Å². The van der Waals surface area contributed by atoms with Crippen molar-refractivity contribution in [3.63, 3.8) is 0 Å². The van der Waals surface area contributed by atoms with Crippen molar-refractivity contribution in [1.82, 2.24) is 25.2 Å². The van der Waals surface area contributed by atoms with Crippen LogP contribution in [-0.4, -0.2) is 45.4 Å². The van der Waals surface area contributed by atoms with Gasteiger partial charge in [-0.05, 0) is 75.7 Å². The second-order valence-corrected chi connectivity index (χ2v) is 8.36. The van der Waals surface area contributed by atoms with Crippen molar-refractivity contribution >= 4 is 5.91 Å². The quantitative estimate of drug-likeness (QED) is 0.920. The normalized spacial score (nSPS) is 24.6. The molecule has 2 aliphatic carbocycles. The van der Waals surface area contributed by atoms with Gasteiger partial charge < -0.3 is 5.32 Å². The molecule has 1 aromatic carbocycles. The molecular weight excluding hydrogens is 326 g/mol. The molecular formula is C20H25N5O. The molecule has 1 atom stereocenters. The van der Waals surface area contributed by atoms with E-state index in [0.717, 1.165) is 37.2 Å². The van der Waals surface area contributed by atoms with Crippen LogP contribution in [0.2, 0.25) is 0 Å². The van der Waals surface area contributed by atoms with Crippen molar-refractivity contribution in [2.75, 3.05) is 13.6 Å². The van der Waals surface area contributed by atoms with Crippen LogP contribution < -0.4 is 5.32 Å². The van der Waals surface area contributed by atoms with Crippen LogP contribution in [0.1, 0.15) is 60.6 Å². The summed E-state index contributed by atoms with van der Waals surface area (Å²) in [6.45, 7) is 1.11. The summed E-state index contributed by atoms with van der Waals surface area (Å²) in [5.74, 6) is 0.0169. The van der Waals surface area contributed by atoms with Crippen LogP contribution in [0.3, 0.4) is 0 Å². The number of nitrogens with one attached hydrogen (secondary N) is 1. The van der Waals surface area contributed by atoms with Gasteiger partial charge in [-0.3, -0.25) is 9.69 Å². The van der Waals surface area contributed by atoms with Gasteiger partial charge in [-0.1, -0.05) is 11.3 Å². The highest BCUT2D eigenvalue weighted by atomic mass is 16.1. The van der Waals surface area contributed by atoms with Crippen LogP contribution in [-0.2, 0) is 0 Å². The Labute approximate surface area is 153 Å². The Morgan fingerprint density at radius 1 is 1.31 bits per heavy atom. The smallest absolute Gasteiger partial charge is 0.251 e. The van der Waals surface area contributed by atoms with Gasteiger partial charge in [0.15, 0.2) is 0 Å². The Morgan fingerprint density at radius 3 is 2.88 bits per heavy atom. The lowest BCUT2D eigenvalue weighted by atomic mass is 9.77. The van der Waals surface area contributed by atoms with E-state index >= 15 is 0 Å². The number of benzene rings is 1. The number of nitrogens with zero attached hydrogens (tertiary/aromatic N) is 4. The minimum absolute atomic E-state index is 0.0169. The second-order valence-electron chi connectivity index (χ2n) is 8.36. The minimum Gasteiger partial charge on any atom is -0.349 e. The lowest BCUT2D eigenvalue weighted by Crippen LogP contribution is -2.45. The Kier molecular flexibility index (Phi) is 3.64. The van der Waals surface area contributed by atoms with E-state index in [1.54, 1.807) is 4.68 Å². The number of aromatic nitrogens is 3. The fourth-order valence-electron chi connectivity index (χ4n) is 4.57. The molecule has 2 heterocycles. The summed E-state index contributed by atoms with van der Waals surface area (Å²) >= 11 is 0. The molecule has 2 aromatic rings. The van der Waals surface area contributed by atoms with E-state index in [1.165, 1.54) is 19.3 Å². The van der Waals surface area contributed by atoms with Crippen molar-refractivity contribution in [3.05, 3.63) is 41.7 Å². The number of carbonyl (C=O) groups excluding carboxylic acids is 1. The van der Waals surface area contributed by atoms with Crippen molar-refractivity contribution in [3.8, 4) is 5.69 Å². The first-order chi connectivity index (χ1) is 12.6. The maximum atomic E-state index is 12.6. The summed E-state index contributed by atoms with van der Waals surface area (Å²) in [5, 5.41) is 11.8. The van der Waals surface area contributed by atoms with Crippen molar-refractivity contribution in [2.45, 2.75) is 50.6 Å². The molecule has 1 saturated heterocycles. The molecule has 136 valence electrons. The largest absolute Gasteiger partial charge is 0.349 e. The zero-order valence-corrected chi connectivity index (χ0v) is 15.2. The van der Waals surface area contributed by atoms with E-state index in [1.807, 2.05) is 30.5 Å². The van der Waals surface area contributed by atoms with E-state index in [4.69, 9.17) is 0 Å². The van der Waals surface area contributed by atoms with Gasteiger partial charge in [0.05, 0.1) is 17.9 Å². The van der Waals surface area contributed by atoms with Crippen molar-refractivity contribution in [2.24, 2.45) is 5.41 Å². The summed E-state index contributed by atoms with van der Waals surface area (Å²) in [5.41, 5.74) is 3.17. The molecule has 1 N–H and O–H groups in total. The molecule has 3 fully saturated rings. The molecule has 1 aromatic heterocycles. The van der Waals surface area contributed by atoms with Gasteiger partial charge in [0.1, 0.15) is 5.69 Å². The van der Waals surface area contributed by atoms with Crippen LogP contribution in [0, 0.1) is 5.41 Å². The van der Waals surface area contributed by atoms with Gasteiger partial charge in [0.2, 0.25) is 0 Å². The van der Waals surface area contributed by atoms with E-state index in [-0.39, 0.29) is 5.91 Å². The molecule has 0 radical (unpaired) electrons. The third-order valence-electron chi connectivity index (χ3n) is 6.40. The molecule has 3 aliphatic rings. The average molecular weight is 351 g/mol. The number of likely N-dealkylation sites (tertiary alicyclic amines) is 1. The van der Waals surface area contributed by atoms with Crippen LogP contribution in [0.5, 0.6) is 0 Å². The predicted molar refractivity (Wildman–Crippen MR) is 98.1 cm³/mol. The van der Waals surface area contributed by atoms with Gasteiger partial charge in [-0.15, -0.1) is 5.10 Å². The number of amides is 1. The first-order valence-corrected chi connectivity index (χ1v) is 9.66. The van der Waals surface area contributed by atoms with Crippen molar-refractivity contribution in [1.29, 1.82) is 0 Å². The third kappa shape index (κ3) is 2.82. The Morgan fingerprint density at radius 2 is 2.15 bits per heavy atom. The summed E-state index contributed by atoms with van der Waals surface area (Å²) < 4.78 is 1.78. The highest BCUT2D eigenvalue weighted by molar-refractivity contribution is 5.95. The molecule has 2 saturated carbocycles. The SMILES string of the molecule is CN1CCCC1c1cn(-c2cccc(C(=O)NC3CC4(CC4)C3)c2)nn1. The van der Waals surface area contributed by atoms with Crippen LogP contribution in [0.15, 0.2) is 30.5 Å². The first-order valence-electron chi connectivity index (χ1n) is 9.66. The highest BCUT2D eigenvalue weighted by Crippen LogP contribution is 2.60. The lowest BCUT2D eigenvalue weighted by molar-refractivity contribution is 0.0877. The molecule has 1 aliphatic heterocycles. The molecule has 1 amide bonds. The number of rotatable bonds is 4. The van der Waals surface area contributed by atoms with Crippen molar-refractivity contribution < 1.29 is 4.79 Å². The zero-order valence-electron chi connectivity index (χ0n) is 15.2. The van der Waals surface area contributed by atoms with Gasteiger partial charge in [0.25, 0.3) is 5.91 Å². The molecule has 1 unspecified atom stereocenters. The van der Waals surface area contributed by atoms with Crippen LogP contribution >= 0.6 is 0 Å². The average Bonchev–Trinajstić information content (AvgIpc) is 3.06. The second kappa shape index (κ2) is 5.91. The summed E-state index contributed by atoms with van der Waals surface area (Å²) in [4.78, 5) is 14.9. The maximum absolute atomic E-state index is 12.6. The third-order valence-corrected chi connectivity index (χ3v) is 6.40. The molecule has 0 bridgehead atoms. The molecule has 6 nitrogen and oxygen atoms in total. The van der Waals surface area contributed by atoms with E-state index in [9.17, 15) is 4.79 Å². The molecule has 6 heteroatoms. The molecule has 26 heavy (non-hydrogen) atoms. The Balaban J connectivity index is 1.30. The van der Waals surface area contributed by atoms with Crippen LogP contribution in [0.25, 0.3) is 5.69 Å². The Hall–Kier alpha value is -2.21. The standard InChI is InChI=1S/C20H25N5O/c1-24-9-3-6-18(24)17-13-25(23-22-17)16-5-2-4-14(10-16)19(26)21-15-11-20(12-15)7-8-20/h2,4-5,10,13,15,18H,3,6-9,11-12H2,1H3,(H,21,26). The van der Waals surface area contributed by atoms with E-state index < -0.39 is 0 Å². The Bertz CT molecular complexity index is 832. The molecule has 5 rings (SSSR count). The number of hydrogen-bond donors (Lipinski definition) is 1. The van der Waals surface area contributed by atoms with Gasteiger partial charge in [-0.2, -0.15) is 0 Å². The zero-order chi connectivity index (χ0) is 17.7. The fourth-order valence-corrected chi connectivity index (χ4v) is 4.57. The molecule has 1 spiro atoms. The first kappa shape index (κ1) is 16.0. The topological polar surface area (TPSA) is 63.1 Å². The maximum Gasteiger partial charge on any atom is 0.251 e. The number of carbonyl (C=O) groups is 1. The van der Waals surface area contributed by atoms with Gasteiger partial charge >= 0.3 is 0 Å². The summed E-state index contributed by atoms with van der Waals surface area (Å²) in [6, 6.07) is 8.35. The number of hydrogen-bond acceptors (Lipinski definition) is 4. The lowest BCUT2D eigenvalue weighted by Gasteiger charge is -2.36. The highest BCUT2D eigenvalue weighted by Gasteiger charge is 2.53. The predicted octanol–water partition coefficient (Wildman–Crippen LogP) is 2.71. The van der Waals surface area contributed by atoms with Gasteiger partial charge in [0, 0.05) is 11.6 Å². The van der Waals surface area contributed by atoms with Gasteiger partial charge in [-0.25, -0.2) is 4.68 Å². The monoisotopic (exact) mass is 351 g/mol. The van der Waals surface area contributed by atoms with E-state index in [2.05, 4.69) is 27.6 Å².